The molecule has 12 heteroatoms. The van der Waals surface area contributed by atoms with Gasteiger partial charge in [0.25, 0.3) is 0 Å². The summed E-state index contributed by atoms with van der Waals surface area (Å²) < 4.78 is 79.4. The topological polar surface area (TPSA) is 114 Å². The number of nitrogen functional groups attached to an aromatic ring is 3. The van der Waals surface area contributed by atoms with Crippen molar-refractivity contribution < 1.29 is 26.3 Å². The third kappa shape index (κ3) is 12.3. The fraction of sp³-hybridized carbons (Fsp3) is 0.200. The normalized spacial score (nSPS) is 10.8. The van der Waals surface area contributed by atoms with Gasteiger partial charge in [-0.05, 0) is 98.3 Å². The van der Waals surface area contributed by atoms with Crippen molar-refractivity contribution in [3.05, 3.63) is 177 Å². The lowest BCUT2D eigenvalue weighted by molar-refractivity contribution is -0.137. The summed E-state index contributed by atoms with van der Waals surface area (Å²) in [5.74, 6) is -1.34. The van der Waals surface area contributed by atoms with Gasteiger partial charge in [0.05, 0.1) is 39.7 Å². The lowest BCUT2D eigenvalue weighted by atomic mass is 10.1. The van der Waals surface area contributed by atoms with Crippen molar-refractivity contribution in [1.82, 2.24) is 0 Å². The quantitative estimate of drug-likeness (QED) is 0.0643. The molecule has 0 amide bonds. The van der Waals surface area contributed by atoms with Crippen molar-refractivity contribution in [2.45, 2.75) is 60.4 Å². The molecule has 0 spiro atoms. The SMILES string of the molecule is Cc1ccc(CNc2ccc(C)c(N)c2F)cc1.Cc1ccc(NCc2cccc(C(F)(F)F)c2)c(F)c1N.Cc1cccc(CNc2ccc(C)c(N)c2F)c1. The van der Waals surface area contributed by atoms with Crippen LogP contribution in [0, 0.1) is 52.1 Å². The second-order valence-electron chi connectivity index (χ2n) is 13.7. The fourth-order valence-corrected chi connectivity index (χ4v) is 5.46. The number of hydrogen-bond acceptors (Lipinski definition) is 6. The fourth-order valence-electron chi connectivity index (χ4n) is 5.46. The number of aryl methyl sites for hydroxylation is 5. The Labute approximate surface area is 330 Å². The summed E-state index contributed by atoms with van der Waals surface area (Å²) in [6.07, 6.45) is -4.39. The van der Waals surface area contributed by atoms with Crippen LogP contribution in [0.3, 0.4) is 0 Å². The summed E-state index contributed by atoms with van der Waals surface area (Å²) in [5.41, 5.74) is 24.8. The van der Waals surface area contributed by atoms with Gasteiger partial charge in [0.2, 0.25) is 0 Å². The van der Waals surface area contributed by atoms with Gasteiger partial charge in [0, 0.05) is 19.6 Å². The van der Waals surface area contributed by atoms with Gasteiger partial charge >= 0.3 is 6.18 Å². The van der Waals surface area contributed by atoms with Crippen LogP contribution in [0.4, 0.5) is 60.5 Å². The zero-order valence-corrected chi connectivity index (χ0v) is 32.5. The minimum Gasteiger partial charge on any atom is -0.396 e. The lowest BCUT2D eigenvalue weighted by Crippen LogP contribution is -2.08. The summed E-state index contributed by atoms with van der Waals surface area (Å²) in [7, 11) is 0. The van der Waals surface area contributed by atoms with Crippen LogP contribution in [-0.4, -0.2) is 0 Å². The highest BCUT2D eigenvalue weighted by atomic mass is 19.4. The van der Waals surface area contributed by atoms with Gasteiger partial charge in [-0.1, -0.05) is 90.0 Å². The van der Waals surface area contributed by atoms with E-state index in [0.717, 1.165) is 34.4 Å². The number of halogens is 6. The van der Waals surface area contributed by atoms with Crippen LogP contribution in [0.2, 0.25) is 0 Å². The molecule has 6 rings (SSSR count). The van der Waals surface area contributed by atoms with Gasteiger partial charge in [0.1, 0.15) is 0 Å². The molecule has 57 heavy (non-hydrogen) atoms. The standard InChI is InChI=1S/C15H14F4N2.2C15H17FN2/c1-9-5-6-12(13(16)14(9)20)21-8-10-3-2-4-11(7-10)15(17,18)19;1-10-3-6-12(7-4-10)9-18-13-8-5-11(2)15(17)14(13)16;1-10-4-3-5-12(8-10)9-18-13-7-6-11(2)15(17)14(13)16/h2-7,21H,8,20H2,1H3;2*3-8,18H,9,17H2,1-2H3. The summed E-state index contributed by atoms with van der Waals surface area (Å²) >= 11 is 0. The van der Waals surface area contributed by atoms with E-state index in [2.05, 4.69) is 22.0 Å². The first-order chi connectivity index (χ1) is 26.9. The van der Waals surface area contributed by atoms with Gasteiger partial charge < -0.3 is 33.2 Å². The zero-order valence-electron chi connectivity index (χ0n) is 32.5. The van der Waals surface area contributed by atoms with E-state index in [-0.39, 0.29) is 40.9 Å². The highest BCUT2D eigenvalue weighted by molar-refractivity contribution is 5.62. The van der Waals surface area contributed by atoms with E-state index >= 15 is 0 Å². The Bertz CT molecular complexity index is 2270. The summed E-state index contributed by atoms with van der Waals surface area (Å²) in [4.78, 5) is 0. The lowest BCUT2D eigenvalue weighted by Gasteiger charge is -2.12. The van der Waals surface area contributed by atoms with E-state index in [0.29, 0.717) is 35.6 Å². The van der Waals surface area contributed by atoms with E-state index in [1.807, 2.05) is 68.4 Å². The molecule has 9 N–H and O–H groups in total. The van der Waals surface area contributed by atoms with Gasteiger partial charge in [0.15, 0.2) is 17.5 Å². The van der Waals surface area contributed by atoms with Crippen LogP contribution in [-0.2, 0) is 25.8 Å². The molecule has 0 saturated heterocycles. The molecule has 0 saturated carbocycles. The third-order valence-electron chi connectivity index (χ3n) is 9.10. The largest absolute Gasteiger partial charge is 0.416 e. The number of rotatable bonds is 9. The predicted octanol–water partition coefficient (Wildman–Crippen LogP) is 11.6. The maximum Gasteiger partial charge on any atom is 0.416 e. The maximum atomic E-state index is 13.9. The number of hydrogen-bond donors (Lipinski definition) is 6. The molecule has 0 fully saturated rings. The summed E-state index contributed by atoms with van der Waals surface area (Å²) in [6, 6.07) is 31.3. The highest BCUT2D eigenvalue weighted by Crippen LogP contribution is 2.30. The summed E-state index contributed by atoms with van der Waals surface area (Å²) in [5, 5.41) is 8.88. The van der Waals surface area contributed by atoms with Crippen LogP contribution >= 0.6 is 0 Å². The van der Waals surface area contributed by atoms with E-state index in [1.54, 1.807) is 39.0 Å². The van der Waals surface area contributed by atoms with E-state index < -0.39 is 17.6 Å². The van der Waals surface area contributed by atoms with Crippen LogP contribution in [0.25, 0.3) is 0 Å². The Balaban J connectivity index is 0.000000190. The monoisotopic (exact) mass is 786 g/mol. The van der Waals surface area contributed by atoms with Crippen molar-refractivity contribution in [3.8, 4) is 0 Å². The molecule has 0 bridgehead atoms. The predicted molar refractivity (Wildman–Crippen MR) is 222 cm³/mol. The molecule has 0 aliphatic heterocycles. The molecular formula is C45H48F6N6. The third-order valence-corrected chi connectivity index (χ3v) is 9.10. The Hall–Kier alpha value is -6.30. The molecule has 6 nitrogen and oxygen atoms in total. The molecule has 0 aromatic heterocycles. The molecule has 0 unspecified atom stereocenters. The average molecular weight is 787 g/mol. The number of nitrogens with one attached hydrogen (secondary N) is 3. The zero-order chi connectivity index (χ0) is 41.9. The molecular weight excluding hydrogens is 739 g/mol. The number of nitrogens with two attached hydrogens (primary N) is 3. The maximum absolute atomic E-state index is 13.9. The van der Waals surface area contributed by atoms with Gasteiger partial charge in [-0.3, -0.25) is 0 Å². The second-order valence-corrected chi connectivity index (χ2v) is 13.7. The molecule has 6 aromatic carbocycles. The van der Waals surface area contributed by atoms with Gasteiger partial charge in [-0.2, -0.15) is 13.2 Å². The van der Waals surface area contributed by atoms with E-state index in [4.69, 9.17) is 17.2 Å². The average Bonchev–Trinajstić information content (AvgIpc) is 3.18. The second kappa shape index (κ2) is 19.5. The van der Waals surface area contributed by atoms with Crippen molar-refractivity contribution >= 4 is 34.1 Å². The minimum atomic E-state index is -4.39. The van der Waals surface area contributed by atoms with Crippen LogP contribution in [0.15, 0.2) is 109 Å². The summed E-state index contributed by atoms with van der Waals surface area (Å²) in [6.45, 7) is 10.6. The number of alkyl halides is 3. The first kappa shape index (κ1) is 43.4. The Kier molecular flexibility index (Phi) is 14.9. The molecule has 300 valence electrons. The number of anilines is 6. The Morgan fingerprint density at radius 2 is 0.825 bits per heavy atom. The molecule has 0 aliphatic rings. The number of benzene rings is 6. The Morgan fingerprint density at radius 3 is 1.23 bits per heavy atom. The molecule has 6 aromatic rings. The van der Waals surface area contributed by atoms with Crippen LogP contribution in [0.1, 0.15) is 50.1 Å². The first-order valence-electron chi connectivity index (χ1n) is 18.1. The van der Waals surface area contributed by atoms with E-state index in [1.165, 1.54) is 29.3 Å². The molecule has 0 atom stereocenters. The van der Waals surface area contributed by atoms with Gasteiger partial charge in [-0.15, -0.1) is 0 Å². The minimum absolute atomic E-state index is 0.0315. The van der Waals surface area contributed by atoms with Gasteiger partial charge in [-0.25, -0.2) is 13.2 Å². The van der Waals surface area contributed by atoms with Crippen molar-refractivity contribution in [2.24, 2.45) is 0 Å². The van der Waals surface area contributed by atoms with E-state index in [9.17, 15) is 26.3 Å². The van der Waals surface area contributed by atoms with Crippen molar-refractivity contribution in [1.29, 1.82) is 0 Å². The molecule has 0 radical (unpaired) electrons. The molecule has 0 aliphatic carbocycles. The smallest absolute Gasteiger partial charge is 0.396 e. The first-order valence-corrected chi connectivity index (χ1v) is 18.1. The van der Waals surface area contributed by atoms with Crippen LogP contribution in [0.5, 0.6) is 0 Å². The molecule has 0 heterocycles. The van der Waals surface area contributed by atoms with Crippen molar-refractivity contribution in [3.63, 3.8) is 0 Å². The van der Waals surface area contributed by atoms with Crippen LogP contribution < -0.4 is 33.2 Å². The highest BCUT2D eigenvalue weighted by Gasteiger charge is 2.30. The Morgan fingerprint density at radius 1 is 0.439 bits per heavy atom. The van der Waals surface area contributed by atoms with Crippen molar-refractivity contribution in [2.75, 3.05) is 33.2 Å².